The molecule has 0 bridgehead atoms. The molecular formula is C17H18FN3O2. The van der Waals surface area contributed by atoms with Crippen molar-refractivity contribution < 1.29 is 13.9 Å². The zero-order valence-electron chi connectivity index (χ0n) is 12.9. The molecule has 1 aliphatic carbocycles. The second-order valence-electron chi connectivity index (χ2n) is 5.55. The molecule has 2 aromatic rings. The van der Waals surface area contributed by atoms with Crippen LogP contribution in [0.1, 0.15) is 40.4 Å². The zero-order valence-corrected chi connectivity index (χ0v) is 12.9. The topological polar surface area (TPSA) is 64.1 Å². The Labute approximate surface area is 133 Å². The zero-order chi connectivity index (χ0) is 16.2. The van der Waals surface area contributed by atoms with E-state index >= 15 is 0 Å². The third-order valence-electron chi connectivity index (χ3n) is 4.12. The number of carbonyl (C=O) groups excluding carboxylic acids is 1. The van der Waals surface area contributed by atoms with Crippen molar-refractivity contribution in [3.63, 3.8) is 0 Å². The number of hydrogen-bond acceptors (Lipinski definition) is 4. The highest BCUT2D eigenvalue weighted by Gasteiger charge is 2.22. The normalized spacial score (nSPS) is 16.5. The summed E-state index contributed by atoms with van der Waals surface area (Å²) in [4.78, 5) is 20.3. The molecule has 1 aliphatic rings. The Bertz CT molecular complexity index is 721. The van der Waals surface area contributed by atoms with E-state index in [1.165, 1.54) is 18.9 Å². The van der Waals surface area contributed by atoms with E-state index in [-0.39, 0.29) is 23.1 Å². The highest BCUT2D eigenvalue weighted by molar-refractivity contribution is 5.96. The van der Waals surface area contributed by atoms with Gasteiger partial charge in [-0.25, -0.2) is 4.98 Å². The number of nitrogens with zero attached hydrogens (tertiary/aromatic N) is 2. The van der Waals surface area contributed by atoms with Gasteiger partial charge in [-0.1, -0.05) is 6.07 Å². The molecule has 1 atom stereocenters. The fourth-order valence-corrected chi connectivity index (χ4v) is 2.97. The molecule has 120 valence electrons. The van der Waals surface area contributed by atoms with Gasteiger partial charge in [0.15, 0.2) is 0 Å². The van der Waals surface area contributed by atoms with Gasteiger partial charge in [-0.15, -0.1) is 0 Å². The fourth-order valence-electron chi connectivity index (χ4n) is 2.97. The first-order valence-electron chi connectivity index (χ1n) is 7.60. The Morgan fingerprint density at radius 2 is 2.35 bits per heavy atom. The minimum atomic E-state index is -0.708. The molecule has 0 spiro atoms. The lowest BCUT2D eigenvalue weighted by atomic mass is 9.86. The molecule has 1 amide bonds. The molecule has 1 unspecified atom stereocenters. The second-order valence-corrected chi connectivity index (χ2v) is 5.55. The lowest BCUT2D eigenvalue weighted by molar-refractivity contribution is 0.0946. The van der Waals surface area contributed by atoms with Gasteiger partial charge in [-0.2, -0.15) is 4.39 Å². The number of aromatic nitrogens is 2. The molecule has 6 heteroatoms. The van der Waals surface area contributed by atoms with Gasteiger partial charge in [0.25, 0.3) is 5.91 Å². The van der Waals surface area contributed by atoms with Crippen molar-refractivity contribution in [3.8, 4) is 5.75 Å². The highest BCUT2D eigenvalue weighted by Crippen LogP contribution is 2.29. The van der Waals surface area contributed by atoms with Gasteiger partial charge >= 0.3 is 0 Å². The minimum Gasteiger partial charge on any atom is -0.494 e. The molecule has 0 fully saturated rings. The lowest BCUT2D eigenvalue weighted by Gasteiger charge is -2.24. The van der Waals surface area contributed by atoms with E-state index in [4.69, 9.17) is 4.74 Å². The standard InChI is InChI=1S/C17H18FN3O2/c1-23-14-10-20-15(18)8-13(14)17(22)21-9-12-5-2-4-11-6-3-7-19-16(11)12/h3,6-8,10,12H,2,4-5,9H2,1H3,(H,21,22). The number of fused-ring (bicyclic) bond motifs is 1. The fraction of sp³-hybridized carbons (Fsp3) is 0.353. The lowest BCUT2D eigenvalue weighted by Crippen LogP contribution is -2.30. The number of nitrogens with one attached hydrogen (secondary N) is 1. The summed E-state index contributed by atoms with van der Waals surface area (Å²) in [5.41, 5.74) is 2.44. The molecular weight excluding hydrogens is 297 g/mol. The first-order chi connectivity index (χ1) is 11.2. The van der Waals surface area contributed by atoms with Gasteiger partial charge in [-0.05, 0) is 30.9 Å². The molecule has 5 nitrogen and oxygen atoms in total. The maximum Gasteiger partial charge on any atom is 0.255 e. The summed E-state index contributed by atoms with van der Waals surface area (Å²) in [7, 11) is 1.42. The van der Waals surface area contributed by atoms with Crippen LogP contribution in [0, 0.1) is 5.95 Å². The van der Waals surface area contributed by atoms with Crippen LogP contribution in [0.3, 0.4) is 0 Å². The summed E-state index contributed by atoms with van der Waals surface area (Å²) >= 11 is 0. The number of hydrogen-bond donors (Lipinski definition) is 1. The van der Waals surface area contributed by atoms with E-state index in [0.29, 0.717) is 6.54 Å². The third-order valence-corrected chi connectivity index (χ3v) is 4.12. The molecule has 0 aliphatic heterocycles. The minimum absolute atomic E-state index is 0.150. The summed E-state index contributed by atoms with van der Waals surface area (Å²) in [5, 5.41) is 2.86. The number of pyridine rings is 2. The monoisotopic (exact) mass is 315 g/mol. The summed E-state index contributed by atoms with van der Waals surface area (Å²) in [6.45, 7) is 0.468. The molecule has 23 heavy (non-hydrogen) atoms. The summed E-state index contributed by atoms with van der Waals surface area (Å²) < 4.78 is 18.3. The number of amides is 1. The number of methoxy groups -OCH3 is 1. The predicted molar refractivity (Wildman–Crippen MR) is 83.0 cm³/mol. The quantitative estimate of drug-likeness (QED) is 0.880. The van der Waals surface area contributed by atoms with Crippen LogP contribution in [0.2, 0.25) is 0 Å². The summed E-state index contributed by atoms with van der Waals surface area (Å²) in [5.74, 6) is -0.639. The molecule has 1 N–H and O–H groups in total. The average molecular weight is 315 g/mol. The first kappa shape index (κ1) is 15.4. The van der Waals surface area contributed by atoms with Crippen molar-refractivity contribution in [2.45, 2.75) is 25.2 Å². The number of rotatable bonds is 4. The average Bonchev–Trinajstić information content (AvgIpc) is 2.59. The van der Waals surface area contributed by atoms with Crippen LogP contribution in [0.4, 0.5) is 4.39 Å². The van der Waals surface area contributed by atoms with Crippen LogP contribution < -0.4 is 10.1 Å². The van der Waals surface area contributed by atoms with Crippen LogP contribution in [-0.4, -0.2) is 29.5 Å². The summed E-state index contributed by atoms with van der Waals surface area (Å²) in [6.07, 6.45) is 6.07. The Kier molecular flexibility index (Phi) is 4.50. The van der Waals surface area contributed by atoms with E-state index in [2.05, 4.69) is 21.4 Å². The Morgan fingerprint density at radius 1 is 1.48 bits per heavy atom. The number of halogens is 1. The number of aryl methyl sites for hydroxylation is 1. The van der Waals surface area contributed by atoms with Crippen molar-refractivity contribution in [1.29, 1.82) is 0 Å². The van der Waals surface area contributed by atoms with Gasteiger partial charge in [-0.3, -0.25) is 9.78 Å². The maximum atomic E-state index is 13.3. The van der Waals surface area contributed by atoms with Gasteiger partial charge in [0.1, 0.15) is 5.75 Å². The Morgan fingerprint density at radius 3 is 3.17 bits per heavy atom. The van der Waals surface area contributed by atoms with Crippen molar-refractivity contribution >= 4 is 5.91 Å². The molecule has 0 saturated carbocycles. The van der Waals surface area contributed by atoms with E-state index < -0.39 is 5.95 Å². The van der Waals surface area contributed by atoms with Crippen molar-refractivity contribution in [2.75, 3.05) is 13.7 Å². The van der Waals surface area contributed by atoms with Crippen LogP contribution in [0.25, 0.3) is 0 Å². The van der Waals surface area contributed by atoms with Crippen LogP contribution in [0.15, 0.2) is 30.6 Å². The number of ether oxygens (including phenoxy) is 1. The van der Waals surface area contributed by atoms with E-state index in [1.807, 2.05) is 6.07 Å². The van der Waals surface area contributed by atoms with E-state index in [1.54, 1.807) is 6.20 Å². The maximum absolute atomic E-state index is 13.3. The third kappa shape index (κ3) is 3.31. The van der Waals surface area contributed by atoms with Gasteiger partial charge < -0.3 is 10.1 Å². The second kappa shape index (κ2) is 6.73. The van der Waals surface area contributed by atoms with Gasteiger partial charge in [0, 0.05) is 30.4 Å². The number of carbonyl (C=O) groups is 1. The van der Waals surface area contributed by atoms with E-state index in [9.17, 15) is 9.18 Å². The Hall–Kier alpha value is -2.50. The van der Waals surface area contributed by atoms with Gasteiger partial charge in [0.2, 0.25) is 5.95 Å². The molecule has 2 aromatic heterocycles. The van der Waals surface area contributed by atoms with Crippen LogP contribution in [0.5, 0.6) is 5.75 Å². The van der Waals surface area contributed by atoms with Crippen LogP contribution >= 0.6 is 0 Å². The largest absolute Gasteiger partial charge is 0.494 e. The molecule has 0 aromatic carbocycles. The van der Waals surface area contributed by atoms with Crippen molar-refractivity contribution in [2.24, 2.45) is 0 Å². The van der Waals surface area contributed by atoms with Crippen molar-refractivity contribution in [1.82, 2.24) is 15.3 Å². The summed E-state index contributed by atoms with van der Waals surface area (Å²) in [6, 6.07) is 5.10. The highest BCUT2D eigenvalue weighted by atomic mass is 19.1. The Balaban J connectivity index is 1.72. The molecule has 3 rings (SSSR count). The first-order valence-corrected chi connectivity index (χ1v) is 7.60. The smallest absolute Gasteiger partial charge is 0.255 e. The SMILES string of the molecule is COc1cnc(F)cc1C(=O)NCC1CCCc2cccnc21. The molecule has 0 saturated heterocycles. The van der Waals surface area contributed by atoms with Crippen LogP contribution in [-0.2, 0) is 6.42 Å². The van der Waals surface area contributed by atoms with E-state index in [0.717, 1.165) is 31.0 Å². The van der Waals surface area contributed by atoms with Gasteiger partial charge in [0.05, 0.1) is 18.9 Å². The molecule has 0 radical (unpaired) electrons. The van der Waals surface area contributed by atoms with Crippen molar-refractivity contribution in [3.05, 3.63) is 53.4 Å². The molecule has 2 heterocycles. The predicted octanol–water partition coefficient (Wildman–Crippen LogP) is 2.47.